The number of aliphatic hydroxyl groups is 1. The van der Waals surface area contributed by atoms with Crippen molar-refractivity contribution in [3.8, 4) is 0 Å². The summed E-state index contributed by atoms with van der Waals surface area (Å²) in [6, 6.07) is 0. The van der Waals surface area contributed by atoms with Crippen molar-refractivity contribution in [3.63, 3.8) is 0 Å². The van der Waals surface area contributed by atoms with Crippen LogP contribution in [0.3, 0.4) is 0 Å². The monoisotopic (exact) mass is 452 g/mol. The molecule has 0 spiro atoms. The van der Waals surface area contributed by atoms with Gasteiger partial charge in [-0.2, -0.15) is 0 Å². The van der Waals surface area contributed by atoms with Gasteiger partial charge in [0.2, 0.25) is 0 Å². The summed E-state index contributed by atoms with van der Waals surface area (Å²) < 4.78 is 11.6. The third-order valence-electron chi connectivity index (χ3n) is 4.91. The summed E-state index contributed by atoms with van der Waals surface area (Å²) in [5.74, 6) is 0.717. The first-order valence-electron chi connectivity index (χ1n) is 7.10. The van der Waals surface area contributed by atoms with Crippen LogP contribution in [-0.2, 0) is 34.7 Å². The zero-order valence-corrected chi connectivity index (χ0v) is 14.3. The first kappa shape index (κ1) is 16.2. The predicted octanol–water partition coefficient (Wildman–Crippen LogP) is 1.62. The standard InChI is InChI=1S/C15H21O4.Re/c1-2-13(17)19-15-8-11-5-12(9-15)7-14(6-11,10-15)18-4-3-16;/h11-12,16H,1,3-10H2;/q-1;. The quantitative estimate of drug-likeness (QED) is 0.392. The Balaban J connectivity index is 0.00000147. The molecule has 2 atom stereocenters. The van der Waals surface area contributed by atoms with Crippen LogP contribution < -0.4 is 0 Å². The molecule has 4 fully saturated rings. The number of aliphatic hydroxyl groups excluding tert-OH is 1. The Bertz CT molecular complexity index is 381. The van der Waals surface area contributed by atoms with Gasteiger partial charge in [-0.1, -0.05) is 0 Å². The van der Waals surface area contributed by atoms with E-state index in [1.54, 1.807) is 0 Å². The molecule has 0 saturated heterocycles. The average Bonchev–Trinajstić information content (AvgIpc) is 2.34. The summed E-state index contributed by atoms with van der Waals surface area (Å²) >= 11 is 0. The van der Waals surface area contributed by atoms with E-state index >= 15 is 0 Å². The minimum Gasteiger partial charge on any atom is -0.483 e. The molecule has 20 heavy (non-hydrogen) atoms. The minimum atomic E-state index is -0.445. The largest absolute Gasteiger partial charge is 0.483 e. The molecule has 4 rings (SSSR count). The van der Waals surface area contributed by atoms with E-state index in [0.29, 0.717) is 18.4 Å². The molecule has 1 N–H and O–H groups in total. The van der Waals surface area contributed by atoms with Crippen LogP contribution in [0.25, 0.3) is 0 Å². The van der Waals surface area contributed by atoms with Gasteiger partial charge in [-0.3, -0.25) is 11.4 Å². The van der Waals surface area contributed by atoms with Gasteiger partial charge in [0, 0.05) is 26.8 Å². The molecular weight excluding hydrogens is 430 g/mol. The van der Waals surface area contributed by atoms with Gasteiger partial charge in [0.15, 0.2) is 0 Å². The first-order chi connectivity index (χ1) is 9.09. The fraction of sp³-hybridized carbons (Fsp3) is 0.800. The van der Waals surface area contributed by atoms with Gasteiger partial charge in [0.05, 0.1) is 18.8 Å². The van der Waals surface area contributed by atoms with Crippen LogP contribution in [0.2, 0.25) is 0 Å². The third-order valence-corrected chi connectivity index (χ3v) is 4.91. The topological polar surface area (TPSA) is 55.8 Å². The summed E-state index contributed by atoms with van der Waals surface area (Å²) in [5, 5.41) is 8.99. The van der Waals surface area contributed by atoms with Crippen LogP contribution in [0.4, 0.5) is 0 Å². The molecule has 4 aliphatic rings. The normalized spacial score (nSPS) is 41.0. The molecule has 0 amide bonds. The van der Waals surface area contributed by atoms with Gasteiger partial charge in [0.25, 0.3) is 0 Å². The van der Waals surface area contributed by atoms with Crippen molar-refractivity contribution >= 4 is 5.97 Å². The van der Waals surface area contributed by atoms with Crippen molar-refractivity contribution in [2.75, 3.05) is 13.2 Å². The van der Waals surface area contributed by atoms with Crippen LogP contribution in [0.1, 0.15) is 38.5 Å². The first-order valence-corrected chi connectivity index (χ1v) is 7.10. The van der Waals surface area contributed by atoms with E-state index in [0.717, 1.165) is 32.1 Å². The Morgan fingerprint density at radius 1 is 1.25 bits per heavy atom. The zero-order chi connectivity index (χ0) is 13.5. The fourth-order valence-electron chi connectivity index (χ4n) is 4.88. The number of rotatable bonds is 5. The van der Waals surface area contributed by atoms with E-state index in [1.807, 2.05) is 0 Å². The number of ether oxygens (including phenoxy) is 2. The van der Waals surface area contributed by atoms with Gasteiger partial charge >= 0.3 is 0 Å². The third kappa shape index (κ3) is 2.87. The van der Waals surface area contributed by atoms with Crippen molar-refractivity contribution in [1.29, 1.82) is 0 Å². The molecule has 0 heterocycles. The maximum absolute atomic E-state index is 11.5. The fourth-order valence-corrected chi connectivity index (χ4v) is 4.88. The van der Waals surface area contributed by atoms with E-state index in [9.17, 15) is 4.79 Å². The molecule has 4 nitrogen and oxygen atoms in total. The molecular formula is C15H21O4Re-. The Kier molecular flexibility index (Phi) is 4.76. The summed E-state index contributed by atoms with van der Waals surface area (Å²) in [4.78, 5) is 11.5. The number of carbonyl (C=O) groups is 1. The van der Waals surface area contributed by atoms with Crippen molar-refractivity contribution in [2.24, 2.45) is 11.8 Å². The predicted molar refractivity (Wildman–Crippen MR) is 68.1 cm³/mol. The molecule has 4 saturated carbocycles. The van der Waals surface area contributed by atoms with E-state index < -0.39 is 5.97 Å². The van der Waals surface area contributed by atoms with Crippen LogP contribution in [0, 0.1) is 17.9 Å². The number of esters is 1. The van der Waals surface area contributed by atoms with E-state index in [2.05, 4.69) is 12.7 Å². The second-order valence-corrected chi connectivity index (χ2v) is 6.47. The molecule has 0 aromatic heterocycles. The summed E-state index contributed by atoms with van der Waals surface area (Å²) in [6.07, 6.45) is 8.27. The Labute approximate surface area is 133 Å². The number of carbonyl (C=O) groups excluding carboxylic acids is 1. The SMILES string of the molecule is C=[C-]C(=O)OC12CC3CC(CC(OCCO)(C3)C1)C2.[Re]. The van der Waals surface area contributed by atoms with Crippen molar-refractivity contribution in [2.45, 2.75) is 49.7 Å². The van der Waals surface area contributed by atoms with Crippen LogP contribution in [-0.4, -0.2) is 35.5 Å². The van der Waals surface area contributed by atoms with Gasteiger partial charge in [-0.15, -0.1) is 0 Å². The average molecular weight is 452 g/mol. The second-order valence-electron chi connectivity index (χ2n) is 6.47. The Morgan fingerprint density at radius 2 is 1.85 bits per heavy atom. The van der Waals surface area contributed by atoms with Gasteiger partial charge in [-0.25, -0.2) is 0 Å². The molecule has 4 bridgehead atoms. The molecule has 2 unspecified atom stereocenters. The van der Waals surface area contributed by atoms with Gasteiger partial charge in [-0.05, 0) is 43.9 Å². The second kappa shape index (κ2) is 5.89. The molecule has 113 valence electrons. The van der Waals surface area contributed by atoms with E-state index in [-0.39, 0.29) is 38.2 Å². The molecule has 0 aromatic rings. The van der Waals surface area contributed by atoms with Crippen molar-refractivity contribution in [1.82, 2.24) is 0 Å². The number of hydrogen-bond acceptors (Lipinski definition) is 4. The molecule has 1 radical (unpaired) electrons. The Morgan fingerprint density at radius 3 is 2.40 bits per heavy atom. The van der Waals surface area contributed by atoms with Gasteiger partial charge < -0.3 is 20.7 Å². The molecule has 5 heteroatoms. The molecule has 0 aliphatic heterocycles. The van der Waals surface area contributed by atoms with E-state index in [4.69, 9.17) is 14.6 Å². The minimum absolute atomic E-state index is 0. The van der Waals surface area contributed by atoms with Gasteiger partial charge in [0.1, 0.15) is 11.6 Å². The summed E-state index contributed by atoms with van der Waals surface area (Å²) in [6.45, 7) is 3.78. The van der Waals surface area contributed by atoms with Crippen LogP contribution in [0.15, 0.2) is 6.58 Å². The summed E-state index contributed by atoms with van der Waals surface area (Å²) in [7, 11) is 0. The molecule has 0 aromatic carbocycles. The van der Waals surface area contributed by atoms with Crippen molar-refractivity contribution < 1.29 is 39.8 Å². The smallest absolute Gasteiger partial charge is 0.147 e. The van der Waals surface area contributed by atoms with Crippen molar-refractivity contribution in [3.05, 3.63) is 12.7 Å². The maximum Gasteiger partial charge on any atom is 0.147 e. The van der Waals surface area contributed by atoms with E-state index in [1.165, 1.54) is 6.42 Å². The maximum atomic E-state index is 11.5. The number of hydrogen-bond donors (Lipinski definition) is 1. The summed E-state index contributed by atoms with van der Waals surface area (Å²) in [5.41, 5.74) is -0.560. The Hall–Kier alpha value is -0.208. The molecule has 4 aliphatic carbocycles. The van der Waals surface area contributed by atoms with Crippen LogP contribution >= 0.6 is 0 Å². The zero-order valence-electron chi connectivity index (χ0n) is 11.6. The van der Waals surface area contributed by atoms with Crippen LogP contribution in [0.5, 0.6) is 0 Å².